The van der Waals surface area contributed by atoms with Gasteiger partial charge in [-0.05, 0) is 54.4 Å². The predicted octanol–water partition coefficient (Wildman–Crippen LogP) is 2.29. The smallest absolute Gasteiger partial charge is 0.444 e. The quantitative estimate of drug-likeness (QED) is 0.710. The van der Waals surface area contributed by atoms with Crippen LogP contribution in [0.4, 0.5) is 10.7 Å². The summed E-state index contributed by atoms with van der Waals surface area (Å²) in [4.78, 5) is 35.1. The largest absolute Gasteiger partial charge is 0.498 e. The first kappa shape index (κ1) is 25.1. The third-order valence-electron chi connectivity index (χ3n) is 5.42. The first-order valence-corrected chi connectivity index (χ1v) is 10.5. The molecule has 0 aliphatic carbocycles. The summed E-state index contributed by atoms with van der Waals surface area (Å²) in [6, 6.07) is -0.786. The highest BCUT2D eigenvalue weighted by Gasteiger charge is 2.52. The van der Waals surface area contributed by atoms with Gasteiger partial charge in [-0.3, -0.25) is 9.69 Å². The van der Waals surface area contributed by atoms with Crippen LogP contribution in [0.15, 0.2) is 12.4 Å². The second kappa shape index (κ2) is 8.74. The molecule has 1 aromatic rings. The van der Waals surface area contributed by atoms with Crippen LogP contribution >= 0.6 is 0 Å². The predicted molar refractivity (Wildman–Crippen MR) is 119 cm³/mol. The number of carbonyl (C=O) groups is 2. The second-order valence-corrected chi connectivity index (χ2v) is 10.2. The van der Waals surface area contributed by atoms with Crippen LogP contribution in [0.5, 0.6) is 0 Å². The molecular weight excluding hydrogens is 399 g/mol. The van der Waals surface area contributed by atoms with Crippen molar-refractivity contribution in [3.63, 3.8) is 0 Å². The highest BCUT2D eigenvalue weighted by molar-refractivity contribution is 6.61. The number of ether oxygens (including phenoxy) is 1. The van der Waals surface area contributed by atoms with Crippen LogP contribution in [0.3, 0.4) is 0 Å². The Kier molecular flexibility index (Phi) is 7.07. The molecule has 1 saturated heterocycles. The highest BCUT2D eigenvalue weighted by Crippen LogP contribution is 2.36. The van der Waals surface area contributed by atoms with Crippen molar-refractivity contribution >= 4 is 30.5 Å². The van der Waals surface area contributed by atoms with Crippen molar-refractivity contribution in [2.75, 3.05) is 11.9 Å². The standard InChI is InChI=1S/C21H35BN4O5/c1-13(2)15(25-18(28)29-19(3,4)5)16(27)26(10)17-23-11-14(12-24-17)22-30-20(6,7)21(8,9)31-22/h11-13,15H,1-10H3,(H,25,28)/t15-/m0/s1. The average Bonchev–Trinajstić information content (AvgIpc) is 2.84. The molecule has 1 N–H and O–H groups in total. The van der Waals surface area contributed by atoms with Crippen LogP contribution < -0.4 is 15.7 Å². The Bertz CT molecular complexity index is 789. The number of nitrogens with zero attached hydrogens (tertiary/aromatic N) is 3. The van der Waals surface area contributed by atoms with Crippen molar-refractivity contribution in [2.45, 2.75) is 85.2 Å². The second-order valence-electron chi connectivity index (χ2n) is 10.2. The molecular formula is C21H35BN4O5. The fourth-order valence-electron chi connectivity index (χ4n) is 2.86. The van der Waals surface area contributed by atoms with Crippen molar-refractivity contribution in [1.29, 1.82) is 0 Å². The van der Waals surface area contributed by atoms with Gasteiger partial charge in [-0.25, -0.2) is 14.8 Å². The molecule has 9 nitrogen and oxygen atoms in total. The molecule has 0 bridgehead atoms. The van der Waals surface area contributed by atoms with Gasteiger partial charge in [0.25, 0.3) is 5.91 Å². The van der Waals surface area contributed by atoms with Crippen LogP contribution in [0.2, 0.25) is 0 Å². The van der Waals surface area contributed by atoms with Gasteiger partial charge in [-0.1, -0.05) is 13.8 Å². The summed E-state index contributed by atoms with van der Waals surface area (Å²) in [7, 11) is 0.982. The Morgan fingerprint density at radius 3 is 2.00 bits per heavy atom. The van der Waals surface area contributed by atoms with Crippen molar-refractivity contribution in [1.82, 2.24) is 15.3 Å². The number of carbonyl (C=O) groups excluding carboxylic acids is 2. The van der Waals surface area contributed by atoms with Crippen molar-refractivity contribution in [2.24, 2.45) is 5.92 Å². The topological polar surface area (TPSA) is 103 Å². The number of rotatable bonds is 5. The summed E-state index contributed by atoms with van der Waals surface area (Å²) in [6.07, 6.45) is 2.52. The summed E-state index contributed by atoms with van der Waals surface area (Å²) in [6.45, 7) is 16.9. The van der Waals surface area contributed by atoms with Gasteiger partial charge in [0.2, 0.25) is 5.95 Å². The number of amides is 2. The number of hydrogen-bond donors (Lipinski definition) is 1. The third kappa shape index (κ3) is 5.95. The van der Waals surface area contributed by atoms with Crippen LogP contribution in [0, 0.1) is 5.92 Å². The molecule has 1 aliphatic heterocycles. The summed E-state index contributed by atoms with van der Waals surface area (Å²) < 4.78 is 17.3. The molecule has 0 saturated carbocycles. The number of anilines is 1. The van der Waals surface area contributed by atoms with Gasteiger partial charge in [0.05, 0.1) is 11.2 Å². The van der Waals surface area contributed by atoms with Gasteiger partial charge >= 0.3 is 13.2 Å². The van der Waals surface area contributed by atoms with Gasteiger partial charge in [0.15, 0.2) is 0 Å². The third-order valence-corrected chi connectivity index (χ3v) is 5.42. The van der Waals surface area contributed by atoms with Crippen LogP contribution in [-0.2, 0) is 18.8 Å². The average molecular weight is 434 g/mol. The van der Waals surface area contributed by atoms with E-state index < -0.39 is 36.1 Å². The highest BCUT2D eigenvalue weighted by atomic mass is 16.7. The Morgan fingerprint density at radius 1 is 1.10 bits per heavy atom. The first-order valence-electron chi connectivity index (χ1n) is 10.5. The minimum atomic E-state index is -0.786. The molecule has 2 amide bonds. The van der Waals surface area contributed by atoms with E-state index in [1.165, 1.54) is 4.90 Å². The minimum absolute atomic E-state index is 0.161. The fraction of sp³-hybridized carbons (Fsp3) is 0.714. The monoisotopic (exact) mass is 434 g/mol. The van der Waals surface area contributed by atoms with Gasteiger partial charge in [-0.2, -0.15) is 0 Å². The van der Waals surface area contributed by atoms with E-state index in [0.29, 0.717) is 5.46 Å². The van der Waals surface area contributed by atoms with E-state index in [0.717, 1.165) is 0 Å². The van der Waals surface area contributed by atoms with Crippen LogP contribution in [0.25, 0.3) is 0 Å². The van der Waals surface area contributed by atoms with Crippen molar-refractivity contribution in [3.05, 3.63) is 12.4 Å². The molecule has 31 heavy (non-hydrogen) atoms. The molecule has 1 atom stereocenters. The zero-order valence-corrected chi connectivity index (χ0v) is 20.3. The lowest BCUT2D eigenvalue weighted by Gasteiger charge is -2.32. The molecule has 1 fully saturated rings. The summed E-state index contributed by atoms with van der Waals surface area (Å²) in [5.41, 5.74) is -0.940. The van der Waals surface area contributed by atoms with E-state index in [9.17, 15) is 9.59 Å². The van der Waals surface area contributed by atoms with E-state index in [-0.39, 0.29) is 17.8 Å². The minimum Gasteiger partial charge on any atom is -0.444 e. The van der Waals surface area contributed by atoms with Gasteiger partial charge in [0.1, 0.15) is 11.6 Å². The number of aromatic nitrogens is 2. The van der Waals surface area contributed by atoms with E-state index in [1.54, 1.807) is 40.2 Å². The normalized spacial score (nSPS) is 18.6. The number of nitrogens with one attached hydrogen (secondary N) is 1. The van der Waals surface area contributed by atoms with Crippen molar-refractivity contribution < 1.29 is 23.6 Å². The fourth-order valence-corrected chi connectivity index (χ4v) is 2.86. The summed E-state index contributed by atoms with van der Waals surface area (Å²) in [5.74, 6) is -0.294. The van der Waals surface area contributed by atoms with E-state index in [2.05, 4.69) is 15.3 Å². The lowest BCUT2D eigenvalue weighted by molar-refractivity contribution is -0.121. The van der Waals surface area contributed by atoms with Gasteiger partial charge in [0, 0.05) is 24.9 Å². The van der Waals surface area contributed by atoms with Crippen LogP contribution in [0.1, 0.15) is 62.3 Å². The SMILES string of the molecule is CC(C)[C@H](NC(=O)OC(C)(C)C)C(=O)N(C)c1ncc(B2OC(C)(C)C(C)(C)O2)cn1. The van der Waals surface area contributed by atoms with Crippen molar-refractivity contribution in [3.8, 4) is 0 Å². The Hall–Kier alpha value is -2.20. The van der Waals surface area contributed by atoms with E-state index >= 15 is 0 Å². The molecule has 0 spiro atoms. The molecule has 2 heterocycles. The maximum atomic E-state index is 13.0. The molecule has 0 radical (unpaired) electrons. The van der Waals surface area contributed by atoms with Crippen LogP contribution in [-0.4, -0.2) is 59.0 Å². The lowest BCUT2D eigenvalue weighted by Crippen LogP contribution is -2.51. The first-order chi connectivity index (χ1) is 14.0. The van der Waals surface area contributed by atoms with E-state index in [1.807, 2.05) is 41.5 Å². The molecule has 1 aromatic heterocycles. The number of hydrogen-bond acceptors (Lipinski definition) is 7. The zero-order valence-electron chi connectivity index (χ0n) is 20.3. The maximum Gasteiger partial charge on any atom is 0.498 e. The van der Waals surface area contributed by atoms with Gasteiger partial charge < -0.3 is 19.4 Å². The summed E-state index contributed by atoms with van der Waals surface area (Å²) >= 11 is 0. The number of alkyl carbamates (subject to hydrolysis) is 1. The Labute approximate surface area is 185 Å². The van der Waals surface area contributed by atoms with Gasteiger partial charge in [-0.15, -0.1) is 0 Å². The Balaban J connectivity index is 2.11. The Morgan fingerprint density at radius 2 is 1.58 bits per heavy atom. The molecule has 0 aromatic carbocycles. The molecule has 0 unspecified atom stereocenters. The molecule has 2 rings (SSSR count). The lowest BCUT2D eigenvalue weighted by atomic mass is 9.81. The number of likely N-dealkylation sites (N-methyl/N-ethyl adjacent to an activating group) is 1. The molecule has 1 aliphatic rings. The zero-order chi connectivity index (χ0) is 23.8. The van der Waals surface area contributed by atoms with E-state index in [4.69, 9.17) is 14.0 Å². The molecule has 10 heteroatoms. The summed E-state index contributed by atoms with van der Waals surface area (Å²) in [5, 5.41) is 2.65. The maximum absolute atomic E-state index is 13.0. The molecule has 172 valence electrons.